The summed E-state index contributed by atoms with van der Waals surface area (Å²) in [5.41, 5.74) is 1.49. The Bertz CT molecular complexity index is 849. The van der Waals surface area contributed by atoms with Gasteiger partial charge in [-0.15, -0.1) is 153 Å². The monoisotopic (exact) mass is 970 g/mol. The topological polar surface area (TPSA) is 168 Å². The molecule has 12 nitrogen and oxygen atoms in total. The van der Waals surface area contributed by atoms with Gasteiger partial charge in [0, 0.05) is 45.8 Å². The Morgan fingerprint density at radius 1 is 0.633 bits per heavy atom. The number of rotatable bonds is 37. The lowest BCUT2D eigenvalue weighted by molar-refractivity contribution is -0.196. The molecule has 1 unspecified atom stereocenters. The van der Waals surface area contributed by atoms with E-state index >= 15 is 0 Å². The summed E-state index contributed by atoms with van der Waals surface area (Å²) in [6, 6.07) is 0. The summed E-state index contributed by atoms with van der Waals surface area (Å²) in [5, 5.41) is 30.7. The highest BCUT2D eigenvalue weighted by Crippen LogP contribution is 2.21. The first kappa shape index (κ1) is 51.8. The minimum absolute atomic E-state index is 0.0211. The van der Waals surface area contributed by atoms with Crippen LogP contribution in [0.2, 0.25) is 0 Å². The predicted molar refractivity (Wildman–Crippen MR) is 244 cm³/mol. The third-order valence-corrected chi connectivity index (χ3v) is 20.2. The van der Waals surface area contributed by atoms with Gasteiger partial charge < -0.3 is 30.5 Å². The van der Waals surface area contributed by atoms with Crippen molar-refractivity contribution in [3.63, 3.8) is 0 Å². The second-order valence-electron chi connectivity index (χ2n) is 7.26. The van der Waals surface area contributed by atoms with E-state index < -0.39 is 16.9 Å². The van der Waals surface area contributed by atoms with Gasteiger partial charge in [-0.25, -0.2) is 9.79 Å². The average Bonchev–Trinajstić information content (AvgIpc) is 3.10. The van der Waals surface area contributed by atoms with E-state index in [1.165, 1.54) is 70.8 Å². The molecule has 4 N–H and O–H groups in total. The molecule has 288 valence electrons. The second-order valence-corrected chi connectivity index (χ2v) is 25.7. The molecule has 0 fully saturated rings. The molecule has 0 bridgehead atoms. The van der Waals surface area contributed by atoms with Gasteiger partial charge in [-0.3, -0.25) is 14.0 Å². The molecule has 0 radical (unpaired) electrons. The molecular weight excluding hydrogens is 929 g/mol. The van der Waals surface area contributed by atoms with Crippen molar-refractivity contribution in [1.29, 1.82) is 0 Å². The summed E-state index contributed by atoms with van der Waals surface area (Å²) >= 11 is 22.1. The first-order valence-corrected chi connectivity index (χ1v) is 30.6. The van der Waals surface area contributed by atoms with Crippen LogP contribution in [0.5, 0.6) is 0 Å². The quantitative estimate of drug-likeness (QED) is 0.0120. The summed E-state index contributed by atoms with van der Waals surface area (Å²) < 4.78 is 16.9. The van der Waals surface area contributed by atoms with E-state index in [0.29, 0.717) is 45.6 Å². The van der Waals surface area contributed by atoms with Crippen LogP contribution < -0.4 is 10.6 Å². The van der Waals surface area contributed by atoms with Crippen molar-refractivity contribution >= 4 is 199 Å². The van der Waals surface area contributed by atoms with Gasteiger partial charge in [-0.05, 0) is 0 Å². The fraction of sp³-hybridized carbons (Fsp3) is 0.818. The number of aliphatic hydroxyl groups excluding tert-OH is 2. The first-order valence-electron chi connectivity index (χ1n) is 13.3. The molecule has 2 amide bonds. The Labute approximate surface area is 352 Å². The largest absolute Gasteiger partial charge is 0.438 e. The standard InChI is InChI=1S/C22H42N4O8S15/c27-7-39-15-46-19-48-22(30)26-5-38-14-43-11-35-2-23-1-33-34-10-42-18-45-17-41-9-32-21(29)25-4-37-13-44-12-36-3-24-6-49(31)20-47-16-40-8-28/h1,6,27-28H,2-5,7-20H2,(H,25,29)(H,26,30)/b23-1+,24-6-. The summed E-state index contributed by atoms with van der Waals surface area (Å²) in [4.78, 5) is 41.7. The van der Waals surface area contributed by atoms with Gasteiger partial charge in [0.05, 0.1) is 56.8 Å². The number of ether oxygens (including phenoxy) is 1. The van der Waals surface area contributed by atoms with Crippen molar-refractivity contribution in [3.8, 4) is 0 Å². The number of nitrogens with one attached hydrogen (secondary N) is 2. The second kappa shape index (κ2) is 45.2. The van der Waals surface area contributed by atoms with Crippen LogP contribution in [0.15, 0.2) is 9.98 Å². The van der Waals surface area contributed by atoms with E-state index in [9.17, 15) is 13.8 Å². The van der Waals surface area contributed by atoms with Gasteiger partial charge in [0.15, 0.2) is 0 Å². The Morgan fingerprint density at radius 3 is 1.88 bits per heavy atom. The molecule has 0 heterocycles. The molecule has 27 heteroatoms. The van der Waals surface area contributed by atoms with Crippen molar-refractivity contribution in [3.05, 3.63) is 0 Å². The molecule has 0 aliphatic rings. The Kier molecular flexibility index (Phi) is 47.8. The number of carbonyl (C=O) groups excluding carboxylic acids is 2. The molecule has 0 rings (SSSR count). The highest BCUT2D eigenvalue weighted by molar-refractivity contribution is 8.27. The molecule has 0 saturated heterocycles. The maximum absolute atomic E-state index is 11.8. The van der Waals surface area contributed by atoms with E-state index in [1.54, 1.807) is 106 Å². The molecular formula is C22H42N4O8S15. The summed E-state index contributed by atoms with van der Waals surface area (Å²) in [7, 11) is -1.08. The van der Waals surface area contributed by atoms with Gasteiger partial charge in [0.25, 0.3) is 5.24 Å². The minimum Gasteiger partial charge on any atom is -0.438 e. The smallest absolute Gasteiger partial charge is 0.408 e. The number of hydrogen-bond acceptors (Lipinski definition) is 24. The zero-order valence-corrected chi connectivity index (χ0v) is 38.5. The normalized spacial score (nSPS) is 12.1. The molecule has 0 aromatic carbocycles. The van der Waals surface area contributed by atoms with Crippen molar-refractivity contribution in [1.82, 2.24) is 10.6 Å². The zero-order chi connectivity index (χ0) is 35.7. The molecule has 0 aromatic rings. The van der Waals surface area contributed by atoms with Crippen molar-refractivity contribution in [2.24, 2.45) is 9.98 Å². The molecule has 0 saturated carbocycles. The van der Waals surface area contributed by atoms with Gasteiger partial charge in [0.1, 0.15) is 11.9 Å². The predicted octanol–water partition coefficient (Wildman–Crippen LogP) is 7.66. The van der Waals surface area contributed by atoms with Crippen LogP contribution in [0.3, 0.4) is 0 Å². The third-order valence-electron chi connectivity index (χ3n) is 3.74. The number of thioether (sulfide) groups is 14. The van der Waals surface area contributed by atoms with Gasteiger partial charge in [-0.1, -0.05) is 11.8 Å². The van der Waals surface area contributed by atoms with Crippen LogP contribution >= 0.6 is 165 Å². The maximum Gasteiger partial charge on any atom is 0.408 e. The number of nitrogens with zero attached hydrogens (tertiary/aromatic N) is 2. The number of aliphatic hydroxyl groups is 2. The highest BCUT2D eigenvalue weighted by atomic mass is 32.3. The summed E-state index contributed by atoms with van der Waals surface area (Å²) in [6.45, 7) is 0. The minimum atomic E-state index is -1.08. The summed E-state index contributed by atoms with van der Waals surface area (Å²) in [5.74, 6) is 3.08. The van der Waals surface area contributed by atoms with E-state index in [1.807, 2.05) is 0 Å². The Morgan fingerprint density at radius 2 is 1.18 bits per heavy atom. The van der Waals surface area contributed by atoms with Crippen molar-refractivity contribution in [2.45, 2.75) is 0 Å². The van der Waals surface area contributed by atoms with Crippen LogP contribution in [-0.2, 0) is 25.3 Å². The maximum atomic E-state index is 11.8. The first-order chi connectivity index (χ1) is 24.1. The average molecular weight is 972 g/mol. The number of aliphatic imine (C=N–C) groups is 2. The van der Waals surface area contributed by atoms with Crippen molar-refractivity contribution < 1.29 is 38.5 Å². The van der Waals surface area contributed by atoms with Crippen LogP contribution in [0.25, 0.3) is 0 Å². The summed E-state index contributed by atoms with van der Waals surface area (Å²) in [6.07, 6.45) is 0.879. The molecule has 0 aliphatic heterocycles. The van der Waals surface area contributed by atoms with Gasteiger partial charge in [-0.2, -0.15) is 4.89 Å². The fourth-order valence-corrected chi connectivity index (χ4v) is 15.9. The van der Waals surface area contributed by atoms with Crippen LogP contribution in [-0.4, -0.2) is 136 Å². The molecule has 1 atom stereocenters. The number of carbonyl (C=O) groups is 2. The Hall–Kier alpha value is 2.81. The lowest BCUT2D eigenvalue weighted by Crippen LogP contribution is -2.23. The third kappa shape index (κ3) is 45.1. The zero-order valence-electron chi connectivity index (χ0n) is 26.2. The molecule has 49 heavy (non-hydrogen) atoms. The number of amides is 2. The number of hydrogen-bond donors (Lipinski definition) is 4. The van der Waals surface area contributed by atoms with Crippen LogP contribution in [0, 0.1) is 0 Å². The molecule has 0 aromatic heterocycles. The van der Waals surface area contributed by atoms with E-state index in [2.05, 4.69) is 20.6 Å². The van der Waals surface area contributed by atoms with E-state index in [0.717, 1.165) is 40.7 Å². The van der Waals surface area contributed by atoms with E-state index in [-0.39, 0.29) is 17.1 Å². The van der Waals surface area contributed by atoms with Crippen molar-refractivity contribution in [2.75, 3.05) is 98.1 Å². The Balaban J connectivity index is 3.30. The molecule has 0 spiro atoms. The molecule has 0 aliphatic carbocycles. The van der Waals surface area contributed by atoms with E-state index in [4.69, 9.17) is 24.7 Å². The highest BCUT2D eigenvalue weighted by Gasteiger charge is 2.03. The lowest BCUT2D eigenvalue weighted by atomic mass is 11.1. The fourth-order valence-electron chi connectivity index (χ4n) is 1.94. The van der Waals surface area contributed by atoms with Crippen LogP contribution in [0.4, 0.5) is 9.59 Å². The lowest BCUT2D eigenvalue weighted by Gasteiger charge is -2.06. The van der Waals surface area contributed by atoms with Gasteiger partial charge in [0.2, 0.25) is 6.40 Å². The SMILES string of the molecule is O=C(NCSCSCSC/N=C\S(=O)CSCSCO)OCSCSCSCOO/C=N/CSCSCSCNC(=O)SCSCSCO. The number of alkyl carbamates (subject to hydrolysis) is 1. The van der Waals surface area contributed by atoms with Gasteiger partial charge >= 0.3 is 6.09 Å². The van der Waals surface area contributed by atoms with Crippen LogP contribution in [0.1, 0.15) is 0 Å².